The van der Waals surface area contributed by atoms with E-state index in [0.29, 0.717) is 12.5 Å². The van der Waals surface area contributed by atoms with Crippen molar-refractivity contribution >= 4 is 11.9 Å². The lowest BCUT2D eigenvalue weighted by Gasteiger charge is -2.23. The Labute approximate surface area is 94.9 Å². The number of primary amides is 1. The van der Waals surface area contributed by atoms with Gasteiger partial charge < -0.3 is 15.8 Å². The Morgan fingerprint density at radius 1 is 1.50 bits per heavy atom. The molecule has 4 N–H and O–H groups in total. The maximum Gasteiger partial charge on any atom is 0.318 e. The first-order valence-electron chi connectivity index (χ1n) is 5.52. The number of nitrogens with two attached hydrogens (primary N) is 1. The average Bonchev–Trinajstić information content (AvgIpc) is 2.26. The predicted molar refractivity (Wildman–Crippen MR) is 58.7 cm³/mol. The van der Waals surface area contributed by atoms with Crippen LogP contribution in [0.25, 0.3) is 0 Å². The van der Waals surface area contributed by atoms with E-state index in [4.69, 9.17) is 10.5 Å². The monoisotopic (exact) mass is 229 g/mol. The third-order valence-corrected chi connectivity index (χ3v) is 2.66. The molecule has 0 saturated carbocycles. The van der Waals surface area contributed by atoms with E-state index in [1.807, 2.05) is 5.32 Å². The minimum Gasteiger partial charge on any atom is -0.368 e. The summed E-state index contributed by atoms with van der Waals surface area (Å²) in [7, 11) is 0. The van der Waals surface area contributed by atoms with Crippen molar-refractivity contribution in [3.63, 3.8) is 0 Å². The van der Waals surface area contributed by atoms with Gasteiger partial charge in [0.25, 0.3) is 5.91 Å². The summed E-state index contributed by atoms with van der Waals surface area (Å²) in [4.78, 5) is 21.7. The van der Waals surface area contributed by atoms with Crippen molar-refractivity contribution in [1.29, 1.82) is 0 Å². The maximum absolute atomic E-state index is 11.3. The van der Waals surface area contributed by atoms with Gasteiger partial charge in [-0.25, -0.2) is 4.79 Å². The second-order valence-electron chi connectivity index (χ2n) is 4.02. The minimum absolute atomic E-state index is 0.485. The molecule has 1 aliphatic heterocycles. The number of rotatable bonds is 4. The van der Waals surface area contributed by atoms with Gasteiger partial charge in [0.05, 0.1) is 6.61 Å². The number of carbonyl (C=O) groups is 2. The second-order valence-corrected chi connectivity index (χ2v) is 4.02. The lowest BCUT2D eigenvalue weighted by molar-refractivity contribution is -0.131. The van der Waals surface area contributed by atoms with Gasteiger partial charge in [0, 0.05) is 0 Å². The molecule has 1 heterocycles. The van der Waals surface area contributed by atoms with E-state index in [1.165, 1.54) is 0 Å². The number of piperidine rings is 1. The molecule has 6 heteroatoms. The number of ether oxygens (including phenoxy) is 1. The molecule has 1 unspecified atom stereocenters. The number of hydrogen-bond acceptors (Lipinski definition) is 4. The molecule has 1 saturated heterocycles. The van der Waals surface area contributed by atoms with Gasteiger partial charge >= 0.3 is 6.03 Å². The van der Waals surface area contributed by atoms with Crippen molar-refractivity contribution in [1.82, 2.24) is 10.6 Å². The highest BCUT2D eigenvalue weighted by atomic mass is 16.5. The predicted octanol–water partition coefficient (Wildman–Crippen LogP) is -0.414. The Morgan fingerprint density at radius 2 is 2.12 bits per heavy atom. The van der Waals surface area contributed by atoms with Crippen LogP contribution < -0.4 is 16.4 Å². The Balaban J connectivity index is 2.20. The van der Waals surface area contributed by atoms with E-state index >= 15 is 0 Å². The molecule has 1 rings (SSSR count). The zero-order valence-electron chi connectivity index (χ0n) is 9.49. The number of nitrogens with one attached hydrogen (secondary N) is 2. The molecule has 0 aromatic carbocycles. The Bertz CT molecular complexity index is 252. The normalized spacial score (nSPS) is 19.1. The van der Waals surface area contributed by atoms with Gasteiger partial charge in [0.2, 0.25) is 0 Å². The van der Waals surface area contributed by atoms with E-state index in [-0.39, 0.29) is 0 Å². The number of carbonyl (C=O) groups excluding carboxylic acids is 2. The molecule has 92 valence electrons. The third-order valence-electron chi connectivity index (χ3n) is 2.66. The summed E-state index contributed by atoms with van der Waals surface area (Å²) in [6.45, 7) is 4.15. The van der Waals surface area contributed by atoms with Gasteiger partial charge in [-0.15, -0.1) is 0 Å². The van der Waals surface area contributed by atoms with Crippen molar-refractivity contribution < 1.29 is 14.3 Å². The van der Waals surface area contributed by atoms with Crippen molar-refractivity contribution in [2.24, 2.45) is 11.7 Å². The zero-order valence-corrected chi connectivity index (χ0v) is 9.49. The minimum atomic E-state index is -0.845. The van der Waals surface area contributed by atoms with Crippen molar-refractivity contribution in [3.05, 3.63) is 0 Å². The van der Waals surface area contributed by atoms with Crippen LogP contribution in [0.15, 0.2) is 0 Å². The van der Waals surface area contributed by atoms with E-state index in [9.17, 15) is 9.59 Å². The largest absolute Gasteiger partial charge is 0.368 e. The lowest BCUT2D eigenvalue weighted by atomic mass is 9.99. The van der Waals surface area contributed by atoms with Gasteiger partial charge in [-0.3, -0.25) is 10.1 Å². The fourth-order valence-corrected chi connectivity index (χ4v) is 1.63. The van der Waals surface area contributed by atoms with Crippen LogP contribution in [0.1, 0.15) is 19.8 Å². The van der Waals surface area contributed by atoms with E-state index in [0.717, 1.165) is 25.9 Å². The highest BCUT2D eigenvalue weighted by Crippen LogP contribution is 2.12. The SMILES string of the molecule is CC(OCC1CCNCC1)C(=O)NC(N)=O. The van der Waals surface area contributed by atoms with E-state index < -0.39 is 18.0 Å². The number of amides is 3. The number of hydrogen-bond donors (Lipinski definition) is 3. The summed E-state index contributed by atoms with van der Waals surface area (Å²) in [5.41, 5.74) is 4.84. The van der Waals surface area contributed by atoms with Gasteiger partial charge in [-0.05, 0) is 38.8 Å². The van der Waals surface area contributed by atoms with Crippen molar-refractivity contribution in [2.45, 2.75) is 25.9 Å². The van der Waals surface area contributed by atoms with Crippen molar-refractivity contribution in [2.75, 3.05) is 19.7 Å². The molecule has 16 heavy (non-hydrogen) atoms. The molecule has 0 spiro atoms. The molecule has 0 aromatic heterocycles. The number of urea groups is 1. The summed E-state index contributed by atoms with van der Waals surface area (Å²) in [6, 6.07) is -0.845. The molecular formula is C10H19N3O3. The zero-order chi connectivity index (χ0) is 12.0. The Hall–Kier alpha value is -1.14. The van der Waals surface area contributed by atoms with Gasteiger partial charge in [-0.2, -0.15) is 0 Å². The third kappa shape index (κ3) is 4.59. The molecule has 0 aromatic rings. The first kappa shape index (κ1) is 12.9. The fourth-order valence-electron chi connectivity index (χ4n) is 1.63. The average molecular weight is 229 g/mol. The highest BCUT2D eigenvalue weighted by Gasteiger charge is 2.18. The quantitative estimate of drug-likeness (QED) is 0.610. The second kappa shape index (κ2) is 6.44. The molecule has 0 aliphatic carbocycles. The summed E-state index contributed by atoms with van der Waals surface area (Å²) < 4.78 is 5.40. The van der Waals surface area contributed by atoms with Crippen LogP contribution in [-0.2, 0) is 9.53 Å². The number of imide groups is 1. The van der Waals surface area contributed by atoms with Crippen LogP contribution in [0.4, 0.5) is 4.79 Å². The van der Waals surface area contributed by atoms with E-state index in [1.54, 1.807) is 6.92 Å². The Morgan fingerprint density at radius 3 is 2.69 bits per heavy atom. The molecule has 6 nitrogen and oxygen atoms in total. The fraction of sp³-hybridized carbons (Fsp3) is 0.800. The lowest BCUT2D eigenvalue weighted by Crippen LogP contribution is -2.42. The van der Waals surface area contributed by atoms with E-state index in [2.05, 4.69) is 5.32 Å². The molecule has 1 fully saturated rings. The molecule has 1 atom stereocenters. The summed E-state index contributed by atoms with van der Waals surface area (Å²) in [5.74, 6) is 0.00603. The summed E-state index contributed by atoms with van der Waals surface area (Å²) >= 11 is 0. The Kier molecular flexibility index (Phi) is 5.21. The van der Waals surface area contributed by atoms with Crippen LogP contribution >= 0.6 is 0 Å². The standard InChI is InChI=1S/C10H19N3O3/c1-7(9(14)13-10(11)15)16-6-8-2-4-12-5-3-8/h7-8,12H,2-6H2,1H3,(H3,11,13,14,15). The van der Waals surface area contributed by atoms with Crippen molar-refractivity contribution in [3.8, 4) is 0 Å². The topological polar surface area (TPSA) is 93.4 Å². The van der Waals surface area contributed by atoms with Gasteiger partial charge in [0.15, 0.2) is 0 Å². The van der Waals surface area contributed by atoms with Crippen LogP contribution in [-0.4, -0.2) is 37.7 Å². The van der Waals surface area contributed by atoms with Crippen LogP contribution in [0.2, 0.25) is 0 Å². The smallest absolute Gasteiger partial charge is 0.318 e. The molecular weight excluding hydrogens is 210 g/mol. The summed E-state index contributed by atoms with van der Waals surface area (Å²) in [6.07, 6.45) is 1.48. The van der Waals surface area contributed by atoms with Gasteiger partial charge in [0.1, 0.15) is 6.10 Å². The molecule has 0 bridgehead atoms. The molecule has 0 radical (unpaired) electrons. The van der Waals surface area contributed by atoms with Crippen LogP contribution in [0.5, 0.6) is 0 Å². The summed E-state index contributed by atoms with van der Waals surface area (Å²) in [5, 5.41) is 5.25. The van der Waals surface area contributed by atoms with Crippen LogP contribution in [0.3, 0.4) is 0 Å². The first-order chi connectivity index (χ1) is 7.59. The maximum atomic E-state index is 11.3. The molecule has 1 aliphatic rings. The molecule has 3 amide bonds. The van der Waals surface area contributed by atoms with Gasteiger partial charge in [-0.1, -0.05) is 0 Å². The first-order valence-corrected chi connectivity index (χ1v) is 5.52. The highest BCUT2D eigenvalue weighted by molar-refractivity contribution is 5.95. The van der Waals surface area contributed by atoms with Crippen LogP contribution in [0, 0.1) is 5.92 Å².